The number of rotatable bonds is 7. The molecule has 4 aromatic rings. The van der Waals surface area contributed by atoms with E-state index in [1.807, 2.05) is 23.6 Å². The van der Waals surface area contributed by atoms with Crippen molar-refractivity contribution in [2.24, 2.45) is 0 Å². The van der Waals surface area contributed by atoms with Crippen LogP contribution >= 0.6 is 34.7 Å². The monoisotopic (exact) mass is 459 g/mol. The van der Waals surface area contributed by atoms with E-state index in [9.17, 15) is 0 Å². The lowest BCUT2D eigenvalue weighted by atomic mass is 10.2. The third kappa shape index (κ3) is 4.29. The Kier molecular flexibility index (Phi) is 5.85. The molecule has 0 bridgehead atoms. The van der Waals surface area contributed by atoms with Crippen LogP contribution in [-0.2, 0) is 17.0 Å². The third-order valence-electron chi connectivity index (χ3n) is 4.76. The van der Waals surface area contributed by atoms with E-state index in [4.69, 9.17) is 20.9 Å². The van der Waals surface area contributed by atoms with Crippen LogP contribution in [0.25, 0.3) is 22.1 Å². The number of hydrogen-bond acceptors (Lipinski definition) is 8. The van der Waals surface area contributed by atoms with Gasteiger partial charge >= 0.3 is 0 Å². The van der Waals surface area contributed by atoms with E-state index in [0.717, 1.165) is 47.4 Å². The van der Waals surface area contributed by atoms with E-state index in [-0.39, 0.29) is 6.10 Å². The first-order chi connectivity index (χ1) is 14.8. The van der Waals surface area contributed by atoms with Crippen molar-refractivity contribution in [2.45, 2.75) is 36.4 Å². The third-order valence-corrected chi connectivity index (χ3v) is 6.83. The second-order valence-electron chi connectivity index (χ2n) is 6.84. The highest BCUT2D eigenvalue weighted by molar-refractivity contribution is 7.98. The van der Waals surface area contributed by atoms with Gasteiger partial charge in [0, 0.05) is 17.2 Å². The molecule has 30 heavy (non-hydrogen) atoms. The molecule has 0 radical (unpaired) electrons. The number of aromatic nitrogens is 5. The molecule has 3 aromatic heterocycles. The van der Waals surface area contributed by atoms with Gasteiger partial charge in [-0.3, -0.25) is 4.57 Å². The van der Waals surface area contributed by atoms with Crippen LogP contribution in [0.15, 0.2) is 51.5 Å². The van der Waals surface area contributed by atoms with Crippen LogP contribution < -0.4 is 0 Å². The van der Waals surface area contributed by atoms with Crippen molar-refractivity contribution in [2.75, 3.05) is 6.61 Å². The first-order valence-electron chi connectivity index (χ1n) is 9.56. The van der Waals surface area contributed by atoms with Crippen LogP contribution in [0, 0.1) is 0 Å². The molecule has 1 aliphatic heterocycles. The second-order valence-corrected chi connectivity index (χ2v) is 9.16. The molecule has 0 amide bonds. The van der Waals surface area contributed by atoms with Gasteiger partial charge in [0.2, 0.25) is 11.7 Å². The maximum atomic E-state index is 5.95. The van der Waals surface area contributed by atoms with Gasteiger partial charge in [0.25, 0.3) is 0 Å². The van der Waals surface area contributed by atoms with Crippen molar-refractivity contribution < 1.29 is 9.26 Å². The minimum Gasteiger partial charge on any atom is -0.376 e. The van der Waals surface area contributed by atoms with Gasteiger partial charge < -0.3 is 9.26 Å². The minimum atomic E-state index is 0.193. The van der Waals surface area contributed by atoms with E-state index >= 15 is 0 Å². The second kappa shape index (κ2) is 8.89. The smallest absolute Gasteiger partial charge is 0.237 e. The summed E-state index contributed by atoms with van der Waals surface area (Å²) >= 11 is 9.13. The highest BCUT2D eigenvalue weighted by Gasteiger charge is 2.22. The Morgan fingerprint density at radius 3 is 2.87 bits per heavy atom. The van der Waals surface area contributed by atoms with Crippen LogP contribution in [-0.4, -0.2) is 37.6 Å². The van der Waals surface area contributed by atoms with Crippen molar-refractivity contribution in [3.63, 3.8) is 0 Å². The van der Waals surface area contributed by atoms with Gasteiger partial charge in [-0.2, -0.15) is 4.98 Å². The average molecular weight is 460 g/mol. The molecule has 0 aliphatic carbocycles. The summed E-state index contributed by atoms with van der Waals surface area (Å²) in [4.78, 5) is 5.59. The maximum Gasteiger partial charge on any atom is 0.237 e. The summed E-state index contributed by atoms with van der Waals surface area (Å²) in [6.45, 7) is 1.56. The van der Waals surface area contributed by atoms with Gasteiger partial charge in [0.05, 0.1) is 23.3 Å². The van der Waals surface area contributed by atoms with Gasteiger partial charge in [-0.05, 0) is 48.6 Å². The minimum absolute atomic E-state index is 0.193. The van der Waals surface area contributed by atoms with Gasteiger partial charge in [-0.25, -0.2) is 0 Å². The number of nitrogens with zero attached hydrogens (tertiary/aromatic N) is 5. The summed E-state index contributed by atoms with van der Waals surface area (Å²) in [6.07, 6.45) is 2.35. The Morgan fingerprint density at radius 2 is 2.10 bits per heavy atom. The van der Waals surface area contributed by atoms with Gasteiger partial charge in [0.15, 0.2) is 11.0 Å². The summed E-state index contributed by atoms with van der Waals surface area (Å²) in [5.41, 5.74) is 0.862. The highest BCUT2D eigenvalue weighted by Crippen LogP contribution is 2.30. The van der Waals surface area contributed by atoms with E-state index < -0.39 is 0 Å². The van der Waals surface area contributed by atoms with E-state index in [0.29, 0.717) is 22.5 Å². The molecule has 5 rings (SSSR count). The zero-order valence-electron chi connectivity index (χ0n) is 15.9. The van der Waals surface area contributed by atoms with Crippen LogP contribution in [0.2, 0.25) is 5.02 Å². The molecule has 0 N–H and O–H groups in total. The molecule has 4 heterocycles. The number of ether oxygens (including phenoxy) is 1. The molecule has 0 spiro atoms. The van der Waals surface area contributed by atoms with E-state index in [2.05, 4.69) is 31.0 Å². The van der Waals surface area contributed by atoms with Gasteiger partial charge in [-0.1, -0.05) is 34.6 Å². The Hall–Kier alpha value is -2.20. The predicted octanol–water partition coefficient (Wildman–Crippen LogP) is 5.18. The summed E-state index contributed by atoms with van der Waals surface area (Å²) in [6, 6.07) is 11.4. The molecular weight excluding hydrogens is 442 g/mol. The number of halogens is 1. The first-order valence-corrected chi connectivity index (χ1v) is 11.8. The lowest BCUT2D eigenvalue weighted by Gasteiger charge is -2.13. The van der Waals surface area contributed by atoms with Crippen LogP contribution in [0.1, 0.15) is 18.7 Å². The number of benzene rings is 1. The SMILES string of the molecule is Clc1ccc(-c2noc(CSc3nnc(-c4cccs4)n3CC3CCCO3)n2)cc1. The van der Waals surface area contributed by atoms with Crippen LogP contribution in [0.3, 0.4) is 0 Å². The summed E-state index contributed by atoms with van der Waals surface area (Å²) in [5.74, 6) is 2.46. The lowest BCUT2D eigenvalue weighted by molar-refractivity contribution is 0.0953. The predicted molar refractivity (Wildman–Crippen MR) is 117 cm³/mol. The van der Waals surface area contributed by atoms with Crippen LogP contribution in [0.4, 0.5) is 0 Å². The molecule has 1 atom stereocenters. The van der Waals surface area contributed by atoms with Crippen molar-refractivity contribution in [1.29, 1.82) is 0 Å². The Labute approximate surface area is 186 Å². The van der Waals surface area contributed by atoms with Crippen LogP contribution in [0.5, 0.6) is 0 Å². The summed E-state index contributed by atoms with van der Waals surface area (Å²) in [7, 11) is 0. The largest absolute Gasteiger partial charge is 0.376 e. The average Bonchev–Trinajstić information content (AvgIpc) is 3.55. The zero-order chi connectivity index (χ0) is 20.3. The van der Waals surface area contributed by atoms with Crippen molar-refractivity contribution in [3.8, 4) is 22.1 Å². The molecule has 1 aromatic carbocycles. The fourth-order valence-corrected chi connectivity index (χ4v) is 4.92. The Bertz CT molecular complexity index is 1100. The first kappa shape index (κ1) is 19.7. The Morgan fingerprint density at radius 1 is 1.20 bits per heavy atom. The van der Waals surface area contributed by atoms with Crippen molar-refractivity contribution in [3.05, 3.63) is 52.7 Å². The molecule has 0 saturated carbocycles. The molecule has 154 valence electrons. The summed E-state index contributed by atoms with van der Waals surface area (Å²) < 4.78 is 13.4. The zero-order valence-corrected chi connectivity index (χ0v) is 18.3. The fraction of sp³-hybridized carbons (Fsp3) is 0.300. The van der Waals surface area contributed by atoms with E-state index in [1.165, 1.54) is 11.8 Å². The fourth-order valence-electron chi connectivity index (χ4n) is 3.30. The number of thiophene rings is 1. The Balaban J connectivity index is 1.34. The molecule has 1 aliphatic rings. The quantitative estimate of drug-likeness (QED) is 0.352. The summed E-state index contributed by atoms with van der Waals surface area (Å²) in [5, 5.41) is 16.5. The number of hydrogen-bond donors (Lipinski definition) is 0. The standard InChI is InChI=1S/C20H18ClN5O2S2/c21-14-7-5-13(6-8-14)18-22-17(28-25-18)12-30-20-24-23-19(16-4-2-10-29-16)26(20)11-15-3-1-9-27-15/h2,4-8,10,15H,1,3,9,11-12H2. The van der Waals surface area contributed by atoms with Crippen molar-refractivity contribution in [1.82, 2.24) is 24.9 Å². The lowest BCUT2D eigenvalue weighted by Crippen LogP contribution is -2.16. The molecule has 10 heteroatoms. The topological polar surface area (TPSA) is 78.9 Å². The maximum absolute atomic E-state index is 5.95. The molecule has 1 saturated heterocycles. The molecule has 1 fully saturated rings. The van der Waals surface area contributed by atoms with E-state index in [1.54, 1.807) is 23.5 Å². The molecule has 1 unspecified atom stereocenters. The normalized spacial score (nSPS) is 16.4. The van der Waals surface area contributed by atoms with Gasteiger partial charge in [-0.15, -0.1) is 21.5 Å². The van der Waals surface area contributed by atoms with Gasteiger partial charge in [0.1, 0.15) is 0 Å². The molecule has 7 nitrogen and oxygen atoms in total. The molecular formula is C20H18ClN5O2S2. The number of thioether (sulfide) groups is 1. The highest BCUT2D eigenvalue weighted by atomic mass is 35.5. The van der Waals surface area contributed by atoms with Crippen molar-refractivity contribution >= 4 is 34.7 Å².